The molecule has 1 unspecified atom stereocenters. The number of aromatic nitrogens is 3. The van der Waals surface area contributed by atoms with Gasteiger partial charge in [0.05, 0.1) is 18.8 Å². The van der Waals surface area contributed by atoms with Crippen molar-refractivity contribution >= 4 is 0 Å². The second-order valence-corrected chi connectivity index (χ2v) is 6.89. The van der Waals surface area contributed by atoms with E-state index in [9.17, 15) is 0 Å². The molecule has 0 radical (unpaired) electrons. The number of benzene rings is 1. The Hall–Kier alpha value is -2.12. The smallest absolute Gasteiger partial charge is 0.113 e. The third kappa shape index (κ3) is 3.68. The van der Waals surface area contributed by atoms with Crippen LogP contribution in [0.2, 0.25) is 0 Å². The molecule has 4 nitrogen and oxygen atoms in total. The number of ether oxygens (including phenoxy) is 1. The van der Waals surface area contributed by atoms with Crippen molar-refractivity contribution in [2.24, 2.45) is 5.92 Å². The number of aryl methyl sites for hydroxylation is 1. The summed E-state index contributed by atoms with van der Waals surface area (Å²) < 4.78 is 7.70. The van der Waals surface area contributed by atoms with Gasteiger partial charge in [0, 0.05) is 23.7 Å². The molecule has 1 aliphatic heterocycles. The van der Waals surface area contributed by atoms with E-state index in [0.29, 0.717) is 5.92 Å². The van der Waals surface area contributed by atoms with Gasteiger partial charge in [-0.3, -0.25) is 0 Å². The van der Waals surface area contributed by atoms with Crippen LogP contribution in [0.25, 0.3) is 11.3 Å². The highest BCUT2D eigenvalue weighted by Crippen LogP contribution is 2.28. The largest absolute Gasteiger partial charge is 0.376 e. The van der Waals surface area contributed by atoms with Crippen LogP contribution in [0.1, 0.15) is 43.2 Å². The fraction of sp³-hybridized carbons (Fsp3) is 0.500. The molecule has 0 amide bonds. The summed E-state index contributed by atoms with van der Waals surface area (Å²) in [6, 6.07) is 6.35. The quantitative estimate of drug-likeness (QED) is 0.811. The first-order chi connectivity index (χ1) is 11.8. The minimum absolute atomic E-state index is 0.269. The zero-order valence-corrected chi connectivity index (χ0v) is 14.2. The van der Waals surface area contributed by atoms with Crippen LogP contribution in [0.5, 0.6) is 0 Å². The normalized spacial score (nSPS) is 20.5. The van der Waals surface area contributed by atoms with Gasteiger partial charge in [-0.15, -0.1) is 5.10 Å². The van der Waals surface area contributed by atoms with Gasteiger partial charge in [-0.05, 0) is 56.7 Å². The Kier molecular flexibility index (Phi) is 4.36. The summed E-state index contributed by atoms with van der Waals surface area (Å²) in [5.41, 5.74) is 4.30. The molecule has 2 heterocycles. The van der Waals surface area contributed by atoms with Gasteiger partial charge in [-0.2, -0.15) is 0 Å². The predicted octanol–water partition coefficient (Wildman–Crippen LogP) is 3.58. The van der Waals surface area contributed by atoms with Gasteiger partial charge in [0.25, 0.3) is 0 Å². The fourth-order valence-corrected chi connectivity index (χ4v) is 3.06. The average Bonchev–Trinajstić information content (AvgIpc) is 3.33. The molecular weight excluding hydrogens is 298 g/mol. The zero-order valence-electron chi connectivity index (χ0n) is 14.2. The molecular formula is C20H23N3O. The van der Waals surface area contributed by atoms with Crippen LogP contribution < -0.4 is 0 Å². The van der Waals surface area contributed by atoms with Crippen molar-refractivity contribution in [2.45, 2.75) is 51.7 Å². The number of rotatable bonds is 3. The van der Waals surface area contributed by atoms with E-state index in [2.05, 4.69) is 47.3 Å². The van der Waals surface area contributed by atoms with Crippen molar-refractivity contribution in [3.05, 3.63) is 35.5 Å². The SMILES string of the molecule is Cc1ccc(C#CC2CC2)cc1-c1cn(CC2CCCCO2)nn1. The van der Waals surface area contributed by atoms with E-state index in [-0.39, 0.29) is 6.10 Å². The summed E-state index contributed by atoms with van der Waals surface area (Å²) in [6.07, 6.45) is 8.33. The standard InChI is InChI=1S/C20H23N3O/c1-15-5-6-17(10-9-16-7-8-16)12-19(15)20-14-23(22-21-20)13-18-4-2-3-11-24-18/h5-6,12,14,16,18H,2-4,7-8,11,13H2,1H3. The molecule has 2 aliphatic rings. The van der Waals surface area contributed by atoms with Crippen molar-refractivity contribution in [2.75, 3.05) is 6.61 Å². The minimum atomic E-state index is 0.269. The van der Waals surface area contributed by atoms with Crippen LogP contribution in [0, 0.1) is 24.7 Å². The van der Waals surface area contributed by atoms with Gasteiger partial charge < -0.3 is 4.74 Å². The monoisotopic (exact) mass is 321 g/mol. The van der Waals surface area contributed by atoms with Crippen molar-refractivity contribution < 1.29 is 4.74 Å². The first-order valence-corrected chi connectivity index (χ1v) is 8.92. The van der Waals surface area contributed by atoms with Gasteiger partial charge in [0.1, 0.15) is 5.69 Å². The number of hydrogen-bond acceptors (Lipinski definition) is 3. The Bertz CT molecular complexity index is 774. The highest BCUT2D eigenvalue weighted by atomic mass is 16.5. The molecule has 1 aromatic heterocycles. The molecule has 1 saturated carbocycles. The lowest BCUT2D eigenvalue weighted by Gasteiger charge is -2.21. The third-order valence-electron chi connectivity index (χ3n) is 4.71. The first-order valence-electron chi connectivity index (χ1n) is 8.92. The predicted molar refractivity (Wildman–Crippen MR) is 93.4 cm³/mol. The average molecular weight is 321 g/mol. The van der Waals surface area contributed by atoms with Gasteiger partial charge in [-0.1, -0.05) is 23.1 Å². The first kappa shape index (κ1) is 15.4. The van der Waals surface area contributed by atoms with Gasteiger partial charge >= 0.3 is 0 Å². The molecule has 0 bridgehead atoms. The second kappa shape index (κ2) is 6.78. The Morgan fingerprint density at radius 2 is 2.17 bits per heavy atom. The Morgan fingerprint density at radius 3 is 2.96 bits per heavy atom. The highest BCUT2D eigenvalue weighted by Gasteiger charge is 2.18. The van der Waals surface area contributed by atoms with Crippen molar-refractivity contribution in [1.29, 1.82) is 0 Å². The summed E-state index contributed by atoms with van der Waals surface area (Å²) in [5.74, 6) is 7.23. The van der Waals surface area contributed by atoms with Crippen LogP contribution in [0.15, 0.2) is 24.4 Å². The van der Waals surface area contributed by atoms with E-state index in [1.54, 1.807) is 0 Å². The maximum Gasteiger partial charge on any atom is 0.113 e. The molecule has 4 heteroatoms. The summed E-state index contributed by atoms with van der Waals surface area (Å²) in [7, 11) is 0. The summed E-state index contributed by atoms with van der Waals surface area (Å²) in [4.78, 5) is 0. The van der Waals surface area contributed by atoms with Crippen LogP contribution >= 0.6 is 0 Å². The molecule has 4 rings (SSSR count). The summed E-state index contributed by atoms with van der Waals surface area (Å²) >= 11 is 0. The topological polar surface area (TPSA) is 39.9 Å². The lowest BCUT2D eigenvalue weighted by molar-refractivity contribution is 0.00370. The minimum Gasteiger partial charge on any atom is -0.376 e. The molecule has 1 atom stereocenters. The molecule has 124 valence electrons. The molecule has 0 spiro atoms. The van der Waals surface area contributed by atoms with Crippen LogP contribution in [-0.4, -0.2) is 27.7 Å². The molecule has 1 aromatic carbocycles. The molecule has 1 saturated heterocycles. The van der Waals surface area contributed by atoms with E-state index in [0.717, 1.165) is 36.4 Å². The van der Waals surface area contributed by atoms with Crippen molar-refractivity contribution in [3.63, 3.8) is 0 Å². The van der Waals surface area contributed by atoms with Crippen LogP contribution in [0.4, 0.5) is 0 Å². The molecule has 0 N–H and O–H groups in total. The summed E-state index contributed by atoms with van der Waals surface area (Å²) in [5, 5.41) is 8.66. The van der Waals surface area contributed by atoms with E-state index < -0.39 is 0 Å². The Morgan fingerprint density at radius 1 is 1.25 bits per heavy atom. The lowest BCUT2D eigenvalue weighted by Crippen LogP contribution is -2.24. The molecule has 24 heavy (non-hydrogen) atoms. The zero-order chi connectivity index (χ0) is 16.4. The Balaban J connectivity index is 1.52. The van der Waals surface area contributed by atoms with Gasteiger partial charge in [0.15, 0.2) is 0 Å². The van der Waals surface area contributed by atoms with Crippen LogP contribution in [0.3, 0.4) is 0 Å². The molecule has 2 aromatic rings. The van der Waals surface area contributed by atoms with Gasteiger partial charge in [0.2, 0.25) is 0 Å². The second-order valence-electron chi connectivity index (χ2n) is 6.89. The van der Waals surface area contributed by atoms with E-state index in [4.69, 9.17) is 4.74 Å². The fourth-order valence-electron chi connectivity index (χ4n) is 3.06. The summed E-state index contributed by atoms with van der Waals surface area (Å²) in [6.45, 7) is 3.76. The van der Waals surface area contributed by atoms with Crippen molar-refractivity contribution in [3.8, 4) is 23.1 Å². The molecule has 2 fully saturated rings. The lowest BCUT2D eigenvalue weighted by atomic mass is 10.0. The van der Waals surface area contributed by atoms with E-state index >= 15 is 0 Å². The van der Waals surface area contributed by atoms with Crippen molar-refractivity contribution in [1.82, 2.24) is 15.0 Å². The highest BCUT2D eigenvalue weighted by molar-refractivity contribution is 5.65. The van der Waals surface area contributed by atoms with Gasteiger partial charge in [-0.25, -0.2) is 4.68 Å². The number of hydrogen-bond donors (Lipinski definition) is 0. The van der Waals surface area contributed by atoms with E-state index in [1.165, 1.54) is 31.2 Å². The van der Waals surface area contributed by atoms with Crippen LogP contribution in [-0.2, 0) is 11.3 Å². The Labute approximate surface area is 143 Å². The maximum absolute atomic E-state index is 5.79. The number of nitrogens with zero attached hydrogens (tertiary/aromatic N) is 3. The maximum atomic E-state index is 5.79. The van der Waals surface area contributed by atoms with E-state index in [1.807, 2.05) is 10.9 Å². The molecule has 1 aliphatic carbocycles. The third-order valence-corrected chi connectivity index (χ3v) is 4.71.